The monoisotopic (exact) mass is 377 g/mol. The number of carbonyl (C=O) groups is 1. The number of amides is 1. The molecule has 2 rings (SSSR count). The standard InChI is InChI=1S/C23H43N3O/c1-7-9-14-25-21(24)20-11-10-19-17(8-2)18(12-13-23(19,20)6)22(4,5)15-26-16(3)27/h17-20H,7-15H2,1-6H3,(H2,24,25)(H,26,27). The number of amidine groups is 1. The van der Waals surface area contributed by atoms with Gasteiger partial charge >= 0.3 is 0 Å². The van der Waals surface area contributed by atoms with Crippen LogP contribution in [-0.2, 0) is 4.79 Å². The molecule has 1 amide bonds. The summed E-state index contributed by atoms with van der Waals surface area (Å²) in [6, 6.07) is 0. The molecule has 27 heavy (non-hydrogen) atoms. The van der Waals surface area contributed by atoms with Crippen molar-refractivity contribution in [1.82, 2.24) is 5.32 Å². The molecule has 2 fully saturated rings. The summed E-state index contributed by atoms with van der Waals surface area (Å²) >= 11 is 0. The topological polar surface area (TPSA) is 67.5 Å². The molecule has 5 atom stereocenters. The number of hydrogen-bond acceptors (Lipinski definition) is 2. The normalized spacial score (nSPS) is 34.4. The Labute approximate surface area is 167 Å². The van der Waals surface area contributed by atoms with E-state index in [2.05, 4.69) is 39.9 Å². The summed E-state index contributed by atoms with van der Waals surface area (Å²) in [6.07, 6.45) is 8.45. The number of carbonyl (C=O) groups excluding carboxylic acids is 1. The highest BCUT2D eigenvalue weighted by molar-refractivity contribution is 5.84. The lowest BCUT2D eigenvalue weighted by Crippen LogP contribution is -2.50. The van der Waals surface area contributed by atoms with Crippen molar-refractivity contribution < 1.29 is 4.79 Å². The Morgan fingerprint density at radius 1 is 1.26 bits per heavy atom. The minimum atomic E-state index is 0.0776. The van der Waals surface area contributed by atoms with Crippen LogP contribution >= 0.6 is 0 Å². The molecule has 2 aliphatic carbocycles. The Morgan fingerprint density at radius 3 is 2.56 bits per heavy atom. The van der Waals surface area contributed by atoms with E-state index in [1.165, 1.54) is 38.5 Å². The smallest absolute Gasteiger partial charge is 0.216 e. The van der Waals surface area contributed by atoms with E-state index >= 15 is 0 Å². The lowest BCUT2D eigenvalue weighted by Gasteiger charge is -2.53. The molecular formula is C23H43N3O. The fraction of sp³-hybridized carbons (Fsp3) is 0.913. The molecule has 5 unspecified atom stereocenters. The largest absolute Gasteiger partial charge is 0.387 e. The van der Waals surface area contributed by atoms with Crippen LogP contribution in [0.25, 0.3) is 0 Å². The van der Waals surface area contributed by atoms with Crippen LogP contribution in [0, 0.1) is 34.5 Å². The Morgan fingerprint density at radius 2 is 1.96 bits per heavy atom. The van der Waals surface area contributed by atoms with Crippen LogP contribution in [0.15, 0.2) is 4.99 Å². The summed E-state index contributed by atoms with van der Waals surface area (Å²) in [4.78, 5) is 16.2. The van der Waals surface area contributed by atoms with Gasteiger partial charge in [-0.1, -0.05) is 47.5 Å². The number of nitrogens with zero attached hydrogens (tertiary/aromatic N) is 1. The molecule has 156 valence electrons. The first kappa shape index (κ1) is 22.2. The van der Waals surface area contributed by atoms with E-state index in [4.69, 9.17) is 10.7 Å². The predicted octanol–water partition coefficient (Wildman–Crippen LogP) is 4.77. The van der Waals surface area contributed by atoms with Gasteiger partial charge in [0.25, 0.3) is 0 Å². The zero-order chi connectivity index (χ0) is 20.2. The van der Waals surface area contributed by atoms with Gasteiger partial charge in [-0.2, -0.15) is 0 Å². The molecule has 0 aromatic heterocycles. The van der Waals surface area contributed by atoms with Gasteiger partial charge in [-0.3, -0.25) is 9.79 Å². The maximum atomic E-state index is 11.4. The first-order valence-corrected chi connectivity index (χ1v) is 11.2. The minimum absolute atomic E-state index is 0.0776. The van der Waals surface area contributed by atoms with Crippen LogP contribution in [0.5, 0.6) is 0 Å². The maximum absolute atomic E-state index is 11.4. The third-order valence-corrected chi connectivity index (χ3v) is 7.87. The number of hydrogen-bond donors (Lipinski definition) is 2. The fourth-order valence-electron chi connectivity index (χ4n) is 6.27. The van der Waals surface area contributed by atoms with Crippen molar-refractivity contribution in [2.75, 3.05) is 13.1 Å². The number of nitrogens with two attached hydrogens (primary N) is 1. The zero-order valence-corrected chi connectivity index (χ0v) is 18.6. The van der Waals surface area contributed by atoms with Gasteiger partial charge in [0.1, 0.15) is 0 Å². The van der Waals surface area contributed by atoms with Gasteiger partial charge in [0.15, 0.2) is 0 Å². The van der Waals surface area contributed by atoms with E-state index in [9.17, 15) is 4.79 Å². The molecule has 4 heteroatoms. The number of aliphatic imine (C=N–C) groups is 1. The van der Waals surface area contributed by atoms with Gasteiger partial charge in [-0.15, -0.1) is 0 Å². The van der Waals surface area contributed by atoms with E-state index in [0.29, 0.717) is 23.2 Å². The van der Waals surface area contributed by atoms with Crippen LogP contribution in [0.4, 0.5) is 0 Å². The van der Waals surface area contributed by atoms with Crippen molar-refractivity contribution in [3.05, 3.63) is 0 Å². The maximum Gasteiger partial charge on any atom is 0.216 e. The molecule has 0 aromatic rings. The zero-order valence-electron chi connectivity index (χ0n) is 18.6. The summed E-state index contributed by atoms with van der Waals surface area (Å²) in [5.41, 5.74) is 6.93. The number of fused-ring (bicyclic) bond motifs is 1. The second-order valence-electron chi connectivity index (χ2n) is 10.0. The Balaban J connectivity index is 2.17. The molecule has 0 aromatic carbocycles. The van der Waals surface area contributed by atoms with E-state index in [1.807, 2.05) is 0 Å². The Hall–Kier alpha value is -1.06. The van der Waals surface area contributed by atoms with Crippen molar-refractivity contribution in [2.45, 2.75) is 86.5 Å². The molecule has 0 radical (unpaired) electrons. The molecule has 3 N–H and O–H groups in total. The Kier molecular flexibility index (Phi) is 7.38. The van der Waals surface area contributed by atoms with Crippen LogP contribution < -0.4 is 11.1 Å². The third-order valence-electron chi connectivity index (χ3n) is 7.87. The molecule has 0 spiro atoms. The van der Waals surface area contributed by atoms with Gasteiger partial charge in [-0.05, 0) is 60.7 Å². The predicted molar refractivity (Wildman–Crippen MR) is 115 cm³/mol. The second kappa shape index (κ2) is 8.96. The molecule has 0 bridgehead atoms. The average molecular weight is 378 g/mol. The molecule has 2 aliphatic rings. The summed E-state index contributed by atoms with van der Waals surface area (Å²) < 4.78 is 0. The quantitative estimate of drug-likeness (QED) is 0.363. The van der Waals surface area contributed by atoms with E-state index in [0.717, 1.165) is 31.3 Å². The van der Waals surface area contributed by atoms with Gasteiger partial charge in [-0.25, -0.2) is 0 Å². The first-order valence-electron chi connectivity index (χ1n) is 11.2. The van der Waals surface area contributed by atoms with Crippen LogP contribution in [0.3, 0.4) is 0 Å². The lowest BCUT2D eigenvalue weighted by molar-refractivity contribution is -0.120. The highest BCUT2D eigenvalue weighted by atomic mass is 16.1. The second-order valence-corrected chi connectivity index (χ2v) is 10.0. The van der Waals surface area contributed by atoms with E-state index in [1.54, 1.807) is 6.92 Å². The van der Waals surface area contributed by atoms with E-state index < -0.39 is 0 Å². The summed E-state index contributed by atoms with van der Waals surface area (Å²) in [5, 5.41) is 3.07. The van der Waals surface area contributed by atoms with Crippen LogP contribution in [-0.4, -0.2) is 24.8 Å². The summed E-state index contributed by atoms with van der Waals surface area (Å²) in [7, 11) is 0. The van der Waals surface area contributed by atoms with Crippen molar-refractivity contribution in [1.29, 1.82) is 0 Å². The van der Waals surface area contributed by atoms with Crippen molar-refractivity contribution in [3.8, 4) is 0 Å². The van der Waals surface area contributed by atoms with Crippen molar-refractivity contribution in [2.24, 2.45) is 45.2 Å². The molecule has 0 aliphatic heterocycles. The summed E-state index contributed by atoms with van der Waals surface area (Å²) in [5.74, 6) is 3.54. The Bertz CT molecular complexity index is 542. The molecule has 0 saturated heterocycles. The SMILES string of the molecule is CCCCN=C(N)C1CCC2C(CC)C(C(C)(C)CNC(C)=O)CCC12C. The molecular weight excluding hydrogens is 334 g/mol. The molecule has 4 nitrogen and oxygen atoms in total. The molecule has 2 saturated carbocycles. The van der Waals surface area contributed by atoms with Crippen LogP contribution in [0.1, 0.15) is 86.5 Å². The van der Waals surface area contributed by atoms with Gasteiger partial charge < -0.3 is 11.1 Å². The van der Waals surface area contributed by atoms with Gasteiger partial charge in [0.05, 0.1) is 5.84 Å². The minimum Gasteiger partial charge on any atom is -0.387 e. The highest BCUT2D eigenvalue weighted by Crippen LogP contribution is 2.62. The average Bonchev–Trinajstić information content (AvgIpc) is 2.96. The van der Waals surface area contributed by atoms with Gasteiger partial charge in [0, 0.05) is 25.9 Å². The highest BCUT2D eigenvalue weighted by Gasteiger charge is 2.56. The number of unbranched alkanes of at least 4 members (excludes halogenated alkanes) is 1. The molecule has 0 heterocycles. The fourth-order valence-corrected chi connectivity index (χ4v) is 6.27. The third kappa shape index (κ3) is 4.68. The van der Waals surface area contributed by atoms with Crippen LogP contribution in [0.2, 0.25) is 0 Å². The van der Waals surface area contributed by atoms with Gasteiger partial charge in [0.2, 0.25) is 5.91 Å². The number of rotatable bonds is 8. The summed E-state index contributed by atoms with van der Waals surface area (Å²) in [6.45, 7) is 15.0. The lowest BCUT2D eigenvalue weighted by atomic mass is 9.53. The first-order chi connectivity index (χ1) is 12.7. The van der Waals surface area contributed by atoms with Crippen molar-refractivity contribution >= 4 is 11.7 Å². The number of nitrogens with one attached hydrogen (secondary N) is 1. The van der Waals surface area contributed by atoms with E-state index in [-0.39, 0.29) is 11.3 Å². The van der Waals surface area contributed by atoms with Crippen molar-refractivity contribution in [3.63, 3.8) is 0 Å².